The molecule has 1 amide bonds. The number of hydrogen-bond acceptors (Lipinski definition) is 5. The molecule has 0 N–H and O–H groups in total. The van der Waals surface area contributed by atoms with Gasteiger partial charge in [0.2, 0.25) is 5.91 Å². The number of amides is 1. The van der Waals surface area contributed by atoms with E-state index in [1.807, 2.05) is 29.2 Å². The zero-order valence-corrected chi connectivity index (χ0v) is 18.4. The van der Waals surface area contributed by atoms with Crippen molar-refractivity contribution in [1.82, 2.24) is 24.6 Å². The van der Waals surface area contributed by atoms with Crippen LogP contribution >= 0.6 is 27.7 Å². The maximum Gasteiger partial charge on any atom is 0.233 e. The van der Waals surface area contributed by atoms with Crippen LogP contribution in [-0.4, -0.2) is 62.4 Å². The van der Waals surface area contributed by atoms with Gasteiger partial charge in [-0.2, -0.15) is 0 Å². The van der Waals surface area contributed by atoms with Crippen molar-refractivity contribution in [2.24, 2.45) is 0 Å². The third-order valence-corrected chi connectivity index (χ3v) is 6.98. The molecule has 0 unspecified atom stereocenters. The largest absolute Gasteiger partial charge is 0.339 e. The third-order valence-electron chi connectivity index (χ3n) is 5.45. The molecular formula is C20H26BrN5OS. The van der Waals surface area contributed by atoms with Crippen LogP contribution in [0.2, 0.25) is 0 Å². The van der Waals surface area contributed by atoms with Gasteiger partial charge in [0.25, 0.3) is 0 Å². The molecule has 0 bridgehead atoms. The van der Waals surface area contributed by atoms with Crippen molar-refractivity contribution in [2.45, 2.75) is 43.7 Å². The molecule has 6 nitrogen and oxygen atoms in total. The highest BCUT2D eigenvalue weighted by Crippen LogP contribution is 2.21. The number of piperazine rings is 1. The Morgan fingerprint density at radius 2 is 1.79 bits per heavy atom. The predicted molar refractivity (Wildman–Crippen MR) is 114 cm³/mol. The van der Waals surface area contributed by atoms with Crippen molar-refractivity contribution in [3.63, 3.8) is 0 Å². The maximum absolute atomic E-state index is 12.5. The van der Waals surface area contributed by atoms with Crippen LogP contribution in [0.3, 0.4) is 0 Å². The van der Waals surface area contributed by atoms with Gasteiger partial charge in [-0.3, -0.25) is 9.69 Å². The van der Waals surface area contributed by atoms with Crippen LogP contribution in [0.1, 0.15) is 30.9 Å². The second-order valence-corrected chi connectivity index (χ2v) is 9.36. The first-order valence-corrected chi connectivity index (χ1v) is 11.8. The van der Waals surface area contributed by atoms with Crippen LogP contribution in [-0.2, 0) is 24.3 Å². The SMILES string of the molecule is O=C(CSc1ccc(Br)cc1)N1CCN(Cc2nnc3n2CCCCC3)CC1. The van der Waals surface area contributed by atoms with Gasteiger partial charge in [-0.1, -0.05) is 22.4 Å². The fourth-order valence-corrected chi connectivity index (χ4v) is 4.85. The van der Waals surface area contributed by atoms with E-state index in [4.69, 9.17) is 0 Å². The van der Waals surface area contributed by atoms with E-state index >= 15 is 0 Å². The van der Waals surface area contributed by atoms with E-state index in [1.54, 1.807) is 11.8 Å². The molecule has 28 heavy (non-hydrogen) atoms. The summed E-state index contributed by atoms with van der Waals surface area (Å²) < 4.78 is 3.38. The summed E-state index contributed by atoms with van der Waals surface area (Å²) in [7, 11) is 0. The van der Waals surface area contributed by atoms with Gasteiger partial charge < -0.3 is 9.47 Å². The summed E-state index contributed by atoms with van der Waals surface area (Å²) >= 11 is 5.05. The topological polar surface area (TPSA) is 54.3 Å². The molecule has 0 radical (unpaired) electrons. The van der Waals surface area contributed by atoms with Crippen LogP contribution in [0.25, 0.3) is 0 Å². The van der Waals surface area contributed by atoms with Crippen LogP contribution < -0.4 is 0 Å². The van der Waals surface area contributed by atoms with E-state index in [-0.39, 0.29) is 5.91 Å². The quantitative estimate of drug-likeness (QED) is 0.637. The van der Waals surface area contributed by atoms with Crippen LogP contribution in [0.4, 0.5) is 0 Å². The Hall–Kier alpha value is -1.38. The van der Waals surface area contributed by atoms with E-state index in [0.29, 0.717) is 5.75 Å². The minimum absolute atomic E-state index is 0.226. The number of benzene rings is 1. The van der Waals surface area contributed by atoms with E-state index < -0.39 is 0 Å². The Morgan fingerprint density at radius 1 is 1.00 bits per heavy atom. The molecule has 0 aliphatic carbocycles. The molecule has 2 aliphatic rings. The smallest absolute Gasteiger partial charge is 0.233 e. The fourth-order valence-electron chi connectivity index (χ4n) is 3.78. The lowest BCUT2D eigenvalue weighted by Gasteiger charge is -2.34. The number of hydrogen-bond donors (Lipinski definition) is 0. The van der Waals surface area contributed by atoms with Gasteiger partial charge in [-0.15, -0.1) is 22.0 Å². The van der Waals surface area contributed by atoms with Crippen molar-refractivity contribution in [1.29, 1.82) is 0 Å². The summed E-state index contributed by atoms with van der Waals surface area (Å²) in [6, 6.07) is 8.11. The number of nitrogens with zero attached hydrogens (tertiary/aromatic N) is 5. The number of thioether (sulfide) groups is 1. The van der Waals surface area contributed by atoms with Crippen molar-refractivity contribution >= 4 is 33.6 Å². The lowest BCUT2D eigenvalue weighted by Crippen LogP contribution is -2.49. The van der Waals surface area contributed by atoms with Crippen LogP contribution in [0.15, 0.2) is 33.6 Å². The Labute approximate surface area is 178 Å². The van der Waals surface area contributed by atoms with Gasteiger partial charge in [0, 0.05) is 48.5 Å². The Morgan fingerprint density at radius 3 is 2.57 bits per heavy atom. The van der Waals surface area contributed by atoms with Gasteiger partial charge in [0.1, 0.15) is 11.6 Å². The molecule has 4 rings (SSSR count). The summed E-state index contributed by atoms with van der Waals surface area (Å²) in [4.78, 5) is 18.1. The lowest BCUT2D eigenvalue weighted by molar-refractivity contribution is -0.130. The highest BCUT2D eigenvalue weighted by molar-refractivity contribution is 9.10. The molecule has 1 aromatic carbocycles. The van der Waals surface area contributed by atoms with Crippen LogP contribution in [0.5, 0.6) is 0 Å². The number of fused-ring (bicyclic) bond motifs is 1. The Kier molecular flexibility index (Phi) is 6.69. The minimum atomic E-state index is 0.226. The van der Waals surface area contributed by atoms with Gasteiger partial charge in [0.15, 0.2) is 0 Å². The predicted octanol–water partition coefficient (Wildman–Crippen LogP) is 3.20. The normalized spacial score (nSPS) is 18.0. The average Bonchev–Trinajstić information content (AvgIpc) is 2.94. The summed E-state index contributed by atoms with van der Waals surface area (Å²) in [6.45, 7) is 5.27. The number of rotatable bonds is 5. The van der Waals surface area contributed by atoms with E-state index in [0.717, 1.165) is 66.7 Å². The highest BCUT2D eigenvalue weighted by Gasteiger charge is 2.23. The molecule has 1 aromatic heterocycles. The fraction of sp³-hybridized carbons (Fsp3) is 0.550. The van der Waals surface area contributed by atoms with Gasteiger partial charge in [-0.25, -0.2) is 0 Å². The van der Waals surface area contributed by atoms with Crippen molar-refractivity contribution in [3.05, 3.63) is 40.4 Å². The van der Waals surface area contributed by atoms with Crippen LogP contribution in [0, 0.1) is 0 Å². The average molecular weight is 464 g/mol. The van der Waals surface area contributed by atoms with Gasteiger partial charge in [-0.05, 0) is 37.1 Å². The summed E-state index contributed by atoms with van der Waals surface area (Å²) in [5, 5.41) is 8.84. The number of aryl methyl sites for hydroxylation is 1. The molecule has 2 aliphatic heterocycles. The van der Waals surface area contributed by atoms with E-state index in [1.165, 1.54) is 19.3 Å². The summed E-state index contributed by atoms with van der Waals surface area (Å²) in [6.07, 6.45) is 4.76. The zero-order valence-electron chi connectivity index (χ0n) is 16.0. The van der Waals surface area contributed by atoms with Gasteiger partial charge >= 0.3 is 0 Å². The first kappa shape index (κ1) is 19.9. The van der Waals surface area contributed by atoms with Gasteiger partial charge in [0.05, 0.1) is 12.3 Å². The summed E-state index contributed by atoms with van der Waals surface area (Å²) in [5.41, 5.74) is 0. The number of carbonyl (C=O) groups excluding carboxylic acids is 1. The third kappa shape index (κ3) is 4.96. The van der Waals surface area contributed by atoms with Crippen molar-refractivity contribution < 1.29 is 4.79 Å². The summed E-state index contributed by atoms with van der Waals surface area (Å²) in [5.74, 6) is 2.96. The van der Waals surface area contributed by atoms with Crippen molar-refractivity contribution in [2.75, 3.05) is 31.9 Å². The standard InChI is InChI=1S/C20H26BrN5OS/c21-16-5-7-17(8-6-16)28-15-20(27)25-12-10-24(11-13-25)14-19-23-22-18-4-2-1-3-9-26(18)19/h5-8H,1-4,9-15H2. The molecule has 150 valence electrons. The Balaban J connectivity index is 1.25. The number of aromatic nitrogens is 3. The molecule has 1 saturated heterocycles. The molecule has 2 aromatic rings. The molecule has 1 fully saturated rings. The van der Waals surface area contributed by atoms with E-state index in [9.17, 15) is 4.79 Å². The molecule has 0 atom stereocenters. The zero-order chi connectivity index (χ0) is 19.3. The molecule has 0 saturated carbocycles. The van der Waals surface area contributed by atoms with E-state index in [2.05, 4.69) is 35.6 Å². The number of halogens is 1. The minimum Gasteiger partial charge on any atom is -0.339 e. The first-order valence-electron chi connectivity index (χ1n) is 9.98. The maximum atomic E-state index is 12.5. The monoisotopic (exact) mass is 463 g/mol. The second-order valence-electron chi connectivity index (χ2n) is 7.39. The molecule has 8 heteroatoms. The molecule has 0 spiro atoms. The molecular weight excluding hydrogens is 438 g/mol. The second kappa shape index (κ2) is 9.41. The first-order chi connectivity index (χ1) is 13.7. The number of carbonyl (C=O) groups is 1. The van der Waals surface area contributed by atoms with Crippen molar-refractivity contribution in [3.8, 4) is 0 Å². The Bertz CT molecular complexity index is 801. The molecule has 3 heterocycles. The lowest BCUT2D eigenvalue weighted by atomic mass is 10.2. The highest BCUT2D eigenvalue weighted by atomic mass is 79.9.